The monoisotopic (exact) mass is 290 g/mol. The normalized spacial score (nSPS) is 18.0. The molecular weight excluding hydrogens is 276 g/mol. The number of nitro benzene ring substituents is 1. The predicted octanol–water partition coefficient (Wildman–Crippen LogP) is 1.42. The Balaban J connectivity index is 1.97. The average Bonchev–Trinajstić information content (AvgIpc) is 2.97. The quantitative estimate of drug-likeness (QED) is 0.651. The van der Waals surface area contributed by atoms with Crippen molar-refractivity contribution < 1.29 is 9.66 Å². The van der Waals surface area contributed by atoms with E-state index in [4.69, 9.17) is 4.74 Å². The maximum Gasteiger partial charge on any atom is 0.293 e. The van der Waals surface area contributed by atoms with E-state index in [0.29, 0.717) is 17.7 Å². The highest BCUT2D eigenvalue weighted by atomic mass is 16.6. The Morgan fingerprint density at radius 3 is 3.10 bits per heavy atom. The number of rotatable bonds is 4. The van der Waals surface area contributed by atoms with E-state index in [9.17, 15) is 14.9 Å². The highest BCUT2D eigenvalue weighted by Crippen LogP contribution is 2.28. The number of nitrogens with zero attached hydrogens (tertiary/aromatic N) is 2. The molecule has 8 nitrogen and oxygen atoms in total. The Bertz CT molecular complexity index is 737. The first-order valence-corrected chi connectivity index (χ1v) is 6.66. The molecule has 1 unspecified atom stereocenters. The summed E-state index contributed by atoms with van der Waals surface area (Å²) in [6.07, 6.45) is 3.28. The van der Waals surface area contributed by atoms with Crippen LogP contribution >= 0.6 is 0 Å². The fraction of sp³-hybridized carbons (Fsp3) is 0.385. The van der Waals surface area contributed by atoms with Crippen LogP contribution in [0.1, 0.15) is 12.8 Å². The molecule has 1 atom stereocenters. The molecule has 8 heteroatoms. The topological polar surface area (TPSA) is 110 Å². The molecule has 21 heavy (non-hydrogen) atoms. The Hall–Kier alpha value is -2.48. The molecule has 1 aromatic carbocycles. The lowest BCUT2D eigenvalue weighted by Gasteiger charge is -2.12. The molecule has 2 aromatic rings. The van der Waals surface area contributed by atoms with E-state index >= 15 is 0 Å². The van der Waals surface area contributed by atoms with Gasteiger partial charge in [0.1, 0.15) is 5.69 Å². The lowest BCUT2D eigenvalue weighted by atomic mass is 10.1. The molecule has 2 heterocycles. The van der Waals surface area contributed by atoms with Crippen LogP contribution in [0.2, 0.25) is 0 Å². The maximum atomic E-state index is 11.7. The fourth-order valence-corrected chi connectivity index (χ4v) is 2.43. The number of hydrogen-bond acceptors (Lipinski definition) is 6. The van der Waals surface area contributed by atoms with Gasteiger partial charge in [-0.1, -0.05) is 0 Å². The molecule has 0 radical (unpaired) electrons. The van der Waals surface area contributed by atoms with Gasteiger partial charge in [0.25, 0.3) is 11.2 Å². The third kappa shape index (κ3) is 2.70. The summed E-state index contributed by atoms with van der Waals surface area (Å²) in [4.78, 5) is 28.8. The molecule has 1 fully saturated rings. The van der Waals surface area contributed by atoms with Crippen molar-refractivity contribution in [2.24, 2.45) is 0 Å². The number of benzene rings is 1. The van der Waals surface area contributed by atoms with Crippen molar-refractivity contribution in [1.82, 2.24) is 9.97 Å². The zero-order chi connectivity index (χ0) is 14.8. The van der Waals surface area contributed by atoms with Crippen LogP contribution in [-0.2, 0) is 4.74 Å². The lowest BCUT2D eigenvalue weighted by Crippen LogP contribution is -2.19. The first-order chi connectivity index (χ1) is 10.1. The third-order valence-electron chi connectivity index (χ3n) is 3.50. The van der Waals surface area contributed by atoms with E-state index in [1.165, 1.54) is 18.5 Å². The van der Waals surface area contributed by atoms with Gasteiger partial charge in [-0.15, -0.1) is 0 Å². The summed E-state index contributed by atoms with van der Waals surface area (Å²) in [5, 5.41) is 14.4. The summed E-state index contributed by atoms with van der Waals surface area (Å²) in [5.41, 5.74) is 0.230. The van der Waals surface area contributed by atoms with Crippen LogP contribution in [0.4, 0.5) is 11.4 Å². The largest absolute Gasteiger partial charge is 0.377 e. The molecule has 0 saturated carbocycles. The third-order valence-corrected chi connectivity index (χ3v) is 3.50. The lowest BCUT2D eigenvalue weighted by molar-refractivity contribution is -0.383. The van der Waals surface area contributed by atoms with E-state index in [0.717, 1.165) is 19.4 Å². The Morgan fingerprint density at radius 2 is 2.38 bits per heavy atom. The molecule has 0 bridgehead atoms. The van der Waals surface area contributed by atoms with Crippen LogP contribution in [0.25, 0.3) is 10.9 Å². The van der Waals surface area contributed by atoms with Crippen LogP contribution < -0.4 is 10.9 Å². The highest BCUT2D eigenvalue weighted by molar-refractivity contribution is 5.86. The zero-order valence-corrected chi connectivity index (χ0v) is 11.2. The zero-order valence-electron chi connectivity index (χ0n) is 11.2. The van der Waals surface area contributed by atoms with Gasteiger partial charge in [0.15, 0.2) is 0 Å². The second-order valence-electron chi connectivity index (χ2n) is 4.89. The molecule has 1 aliphatic heterocycles. The number of H-pyrrole nitrogens is 1. The number of nitrogens with one attached hydrogen (secondary N) is 2. The summed E-state index contributed by atoms with van der Waals surface area (Å²) in [5.74, 6) is 0. The SMILES string of the molecule is O=c1[nH]cnc2cc(NCC3CCCO3)c([N+](=O)[O-])cc12. The number of hydrogen-bond donors (Lipinski definition) is 2. The van der Waals surface area contributed by atoms with E-state index in [-0.39, 0.29) is 17.2 Å². The summed E-state index contributed by atoms with van der Waals surface area (Å²) in [6.45, 7) is 1.22. The summed E-state index contributed by atoms with van der Waals surface area (Å²) < 4.78 is 5.48. The predicted molar refractivity (Wildman–Crippen MR) is 76.5 cm³/mol. The maximum absolute atomic E-state index is 11.7. The van der Waals surface area contributed by atoms with Gasteiger partial charge in [-0.05, 0) is 18.9 Å². The van der Waals surface area contributed by atoms with Crippen LogP contribution in [0, 0.1) is 10.1 Å². The molecule has 1 aromatic heterocycles. The smallest absolute Gasteiger partial charge is 0.293 e. The van der Waals surface area contributed by atoms with Crippen molar-refractivity contribution >= 4 is 22.3 Å². The molecule has 2 N–H and O–H groups in total. The van der Waals surface area contributed by atoms with E-state index in [1.807, 2.05) is 0 Å². The van der Waals surface area contributed by atoms with Crippen LogP contribution in [0.3, 0.4) is 0 Å². The van der Waals surface area contributed by atoms with E-state index in [1.54, 1.807) is 0 Å². The molecule has 1 saturated heterocycles. The molecule has 3 rings (SSSR count). The first-order valence-electron chi connectivity index (χ1n) is 6.66. The van der Waals surface area contributed by atoms with Gasteiger partial charge in [-0.25, -0.2) is 4.98 Å². The number of fused-ring (bicyclic) bond motifs is 1. The minimum Gasteiger partial charge on any atom is -0.377 e. The van der Waals surface area contributed by atoms with Gasteiger partial charge in [0, 0.05) is 19.2 Å². The molecule has 0 aliphatic carbocycles. The van der Waals surface area contributed by atoms with Gasteiger partial charge < -0.3 is 15.0 Å². The number of ether oxygens (including phenoxy) is 1. The van der Waals surface area contributed by atoms with Gasteiger partial charge in [-0.3, -0.25) is 14.9 Å². The van der Waals surface area contributed by atoms with Crippen molar-refractivity contribution in [3.8, 4) is 0 Å². The summed E-state index contributed by atoms with van der Waals surface area (Å²) in [6, 6.07) is 2.77. The van der Waals surface area contributed by atoms with Crippen LogP contribution in [0.5, 0.6) is 0 Å². The Kier molecular flexibility index (Phi) is 3.53. The number of aromatic amines is 1. The van der Waals surface area contributed by atoms with Crippen LogP contribution in [0.15, 0.2) is 23.3 Å². The second-order valence-corrected chi connectivity index (χ2v) is 4.89. The van der Waals surface area contributed by atoms with Crippen molar-refractivity contribution in [1.29, 1.82) is 0 Å². The van der Waals surface area contributed by atoms with Gasteiger partial charge in [0.05, 0.1) is 28.3 Å². The summed E-state index contributed by atoms with van der Waals surface area (Å²) in [7, 11) is 0. The number of aromatic nitrogens is 2. The Labute approximate surface area is 119 Å². The molecule has 1 aliphatic rings. The van der Waals surface area contributed by atoms with Crippen molar-refractivity contribution in [2.75, 3.05) is 18.5 Å². The van der Waals surface area contributed by atoms with Gasteiger partial charge >= 0.3 is 0 Å². The Morgan fingerprint density at radius 1 is 1.52 bits per heavy atom. The molecule has 0 spiro atoms. The second kappa shape index (κ2) is 5.49. The highest BCUT2D eigenvalue weighted by Gasteiger charge is 2.20. The molecule has 110 valence electrons. The van der Waals surface area contributed by atoms with Gasteiger partial charge in [0.2, 0.25) is 0 Å². The van der Waals surface area contributed by atoms with Gasteiger partial charge in [-0.2, -0.15) is 0 Å². The number of nitro groups is 1. The minimum absolute atomic E-state index is 0.0624. The van der Waals surface area contributed by atoms with Crippen molar-refractivity contribution in [2.45, 2.75) is 18.9 Å². The fourth-order valence-electron chi connectivity index (χ4n) is 2.43. The molecule has 0 amide bonds. The standard InChI is InChI=1S/C13H14N4O4/c18-13-9-4-12(17(19)20)11(5-10(9)15-7-16-13)14-6-8-2-1-3-21-8/h4-5,7-8,14H,1-3,6H2,(H,15,16,18). The van der Waals surface area contributed by atoms with E-state index < -0.39 is 10.5 Å². The average molecular weight is 290 g/mol. The summed E-state index contributed by atoms with van der Waals surface area (Å²) >= 11 is 0. The van der Waals surface area contributed by atoms with Crippen molar-refractivity contribution in [3.63, 3.8) is 0 Å². The van der Waals surface area contributed by atoms with Crippen molar-refractivity contribution in [3.05, 3.63) is 38.9 Å². The number of anilines is 1. The minimum atomic E-state index is -0.510. The van der Waals surface area contributed by atoms with Crippen LogP contribution in [-0.4, -0.2) is 34.1 Å². The van der Waals surface area contributed by atoms with E-state index in [2.05, 4.69) is 15.3 Å². The first kappa shape index (κ1) is 13.5. The molecular formula is C13H14N4O4.